The van der Waals surface area contributed by atoms with E-state index in [1.54, 1.807) is 0 Å². The molecule has 22 heavy (non-hydrogen) atoms. The van der Waals surface area contributed by atoms with Gasteiger partial charge in [-0.3, -0.25) is 0 Å². The van der Waals surface area contributed by atoms with E-state index in [-0.39, 0.29) is 11.8 Å². The summed E-state index contributed by atoms with van der Waals surface area (Å²) in [6.07, 6.45) is 2.13. The van der Waals surface area contributed by atoms with E-state index in [4.69, 9.17) is 0 Å². The third-order valence-electron chi connectivity index (χ3n) is 5.48. The second-order valence-electron chi connectivity index (χ2n) is 6.52. The van der Waals surface area contributed by atoms with Gasteiger partial charge in [-0.25, -0.2) is 0 Å². The third kappa shape index (κ3) is 1.46. The van der Waals surface area contributed by atoms with Crippen LogP contribution in [0.4, 0.5) is 0 Å². The van der Waals surface area contributed by atoms with Crippen molar-refractivity contribution >= 4 is 17.1 Å². The molecule has 0 aromatic heterocycles. The van der Waals surface area contributed by atoms with Gasteiger partial charge in [-0.05, 0) is 39.4 Å². The molecule has 3 aliphatic carbocycles. The molecule has 6 rings (SSSR count). The van der Waals surface area contributed by atoms with Crippen molar-refractivity contribution in [2.24, 2.45) is 5.92 Å². The first kappa shape index (κ1) is 12.2. The molecule has 3 atom stereocenters. The van der Waals surface area contributed by atoms with Crippen LogP contribution in [0.2, 0.25) is 0 Å². The Hall–Kier alpha value is -2.41. The average molecular weight is 284 g/mol. The number of carbonyl (C=O) groups is 1. The summed E-state index contributed by atoms with van der Waals surface area (Å²) >= 11 is 0. The van der Waals surface area contributed by atoms with Gasteiger partial charge in [0.15, 0.2) is 0 Å². The van der Waals surface area contributed by atoms with Crippen molar-refractivity contribution < 1.29 is 4.79 Å². The predicted molar refractivity (Wildman–Crippen MR) is 88.2 cm³/mol. The Morgan fingerprint density at radius 3 is 2.14 bits per heavy atom. The van der Waals surface area contributed by atoms with Crippen molar-refractivity contribution in [1.29, 1.82) is 0 Å². The van der Waals surface area contributed by atoms with Gasteiger partial charge in [-0.1, -0.05) is 60.7 Å². The normalized spacial score (nSPS) is 24.8. The van der Waals surface area contributed by atoms with E-state index in [2.05, 4.69) is 60.7 Å². The minimum absolute atomic E-state index is 0.119. The van der Waals surface area contributed by atoms with Crippen molar-refractivity contribution in [3.05, 3.63) is 82.9 Å². The van der Waals surface area contributed by atoms with E-state index in [0.717, 1.165) is 6.42 Å². The Morgan fingerprint density at radius 1 is 0.773 bits per heavy atom. The van der Waals surface area contributed by atoms with Gasteiger partial charge in [0.05, 0.1) is 0 Å². The first-order valence-electron chi connectivity index (χ1n) is 7.93. The molecule has 3 aromatic rings. The third-order valence-corrected chi connectivity index (χ3v) is 5.48. The molecule has 3 aliphatic rings. The molecule has 0 spiro atoms. The zero-order valence-corrected chi connectivity index (χ0v) is 12.2. The first-order valence-corrected chi connectivity index (χ1v) is 7.93. The summed E-state index contributed by atoms with van der Waals surface area (Å²) in [6, 6.07) is 21.9. The SMILES string of the molecule is O=CC1CC2c3ccccc3C1c1cc3ccccc3cc12. The zero-order valence-electron chi connectivity index (χ0n) is 12.2. The molecule has 106 valence electrons. The van der Waals surface area contributed by atoms with Crippen molar-refractivity contribution in [2.75, 3.05) is 0 Å². The van der Waals surface area contributed by atoms with Crippen LogP contribution < -0.4 is 0 Å². The number of hydrogen-bond acceptors (Lipinski definition) is 1. The molecular weight excluding hydrogens is 268 g/mol. The largest absolute Gasteiger partial charge is 0.303 e. The summed E-state index contributed by atoms with van der Waals surface area (Å²) in [5, 5.41) is 2.57. The van der Waals surface area contributed by atoms with E-state index in [1.165, 1.54) is 39.3 Å². The second-order valence-corrected chi connectivity index (χ2v) is 6.52. The number of benzene rings is 3. The molecule has 0 aliphatic heterocycles. The Bertz CT molecular complexity index is 909. The van der Waals surface area contributed by atoms with Gasteiger partial charge in [-0.15, -0.1) is 0 Å². The molecular formula is C21H16O. The Morgan fingerprint density at radius 2 is 1.41 bits per heavy atom. The van der Waals surface area contributed by atoms with Crippen LogP contribution in [0.15, 0.2) is 60.7 Å². The van der Waals surface area contributed by atoms with Crippen molar-refractivity contribution in [1.82, 2.24) is 0 Å². The highest BCUT2D eigenvalue weighted by molar-refractivity contribution is 5.86. The quantitative estimate of drug-likeness (QED) is 0.595. The Balaban J connectivity index is 1.85. The fraction of sp³-hybridized carbons (Fsp3) is 0.190. The maximum atomic E-state index is 11.6. The zero-order chi connectivity index (χ0) is 14.7. The monoisotopic (exact) mass is 284 g/mol. The van der Waals surface area contributed by atoms with Crippen LogP contribution >= 0.6 is 0 Å². The first-order chi connectivity index (χ1) is 10.9. The van der Waals surface area contributed by atoms with Gasteiger partial charge in [0.2, 0.25) is 0 Å². The van der Waals surface area contributed by atoms with Crippen molar-refractivity contribution in [2.45, 2.75) is 18.3 Å². The second kappa shape index (κ2) is 4.30. The smallest absolute Gasteiger partial charge is 0.124 e. The van der Waals surface area contributed by atoms with Crippen molar-refractivity contribution in [3.8, 4) is 0 Å². The van der Waals surface area contributed by atoms with Crippen LogP contribution in [-0.2, 0) is 4.79 Å². The van der Waals surface area contributed by atoms with E-state index in [0.29, 0.717) is 5.92 Å². The summed E-state index contributed by atoms with van der Waals surface area (Å²) in [5.74, 6) is 0.725. The molecule has 3 aromatic carbocycles. The standard InChI is InChI=1S/C21H16O/c22-12-15-11-18-16-7-3-4-8-17(16)21(15)20-10-14-6-2-1-5-13(14)9-19(18)20/h1-10,12,15,18,21H,11H2. The van der Waals surface area contributed by atoms with E-state index < -0.39 is 0 Å². The molecule has 1 heteroatoms. The maximum Gasteiger partial charge on any atom is 0.124 e. The van der Waals surface area contributed by atoms with E-state index in [1.807, 2.05) is 0 Å². The van der Waals surface area contributed by atoms with Crippen LogP contribution in [-0.4, -0.2) is 6.29 Å². The lowest BCUT2D eigenvalue weighted by Crippen LogP contribution is -2.32. The predicted octanol–water partition coefficient (Wildman–Crippen LogP) is 4.64. The lowest BCUT2D eigenvalue weighted by molar-refractivity contribution is -0.112. The molecule has 0 heterocycles. The highest BCUT2D eigenvalue weighted by atomic mass is 16.1. The highest BCUT2D eigenvalue weighted by Gasteiger charge is 2.43. The maximum absolute atomic E-state index is 11.6. The summed E-state index contributed by atoms with van der Waals surface area (Å²) in [5.41, 5.74) is 5.58. The van der Waals surface area contributed by atoms with Crippen LogP contribution in [0, 0.1) is 5.92 Å². The molecule has 0 amide bonds. The number of carbonyl (C=O) groups excluding carboxylic acids is 1. The van der Waals surface area contributed by atoms with E-state index in [9.17, 15) is 4.79 Å². The van der Waals surface area contributed by atoms with Gasteiger partial charge in [-0.2, -0.15) is 0 Å². The Kier molecular flexibility index (Phi) is 2.38. The molecule has 0 fully saturated rings. The van der Waals surface area contributed by atoms with E-state index >= 15 is 0 Å². The minimum atomic E-state index is 0.119. The van der Waals surface area contributed by atoms with Crippen LogP contribution in [0.5, 0.6) is 0 Å². The molecule has 0 saturated carbocycles. The number of aldehydes is 1. The molecule has 0 saturated heterocycles. The molecule has 0 N–H and O–H groups in total. The lowest BCUT2D eigenvalue weighted by Gasteiger charge is -2.43. The summed E-state index contributed by atoms with van der Waals surface area (Å²) < 4.78 is 0. The van der Waals surface area contributed by atoms with Crippen molar-refractivity contribution in [3.63, 3.8) is 0 Å². The number of rotatable bonds is 1. The topological polar surface area (TPSA) is 17.1 Å². The van der Waals surface area contributed by atoms with Gasteiger partial charge >= 0.3 is 0 Å². The van der Waals surface area contributed by atoms with Crippen LogP contribution in [0.25, 0.3) is 10.8 Å². The Labute approximate surface area is 129 Å². The lowest BCUT2D eigenvalue weighted by atomic mass is 9.59. The number of hydrogen-bond donors (Lipinski definition) is 0. The fourth-order valence-electron chi connectivity index (χ4n) is 4.55. The van der Waals surface area contributed by atoms with Gasteiger partial charge in [0, 0.05) is 17.8 Å². The van der Waals surface area contributed by atoms with Gasteiger partial charge in [0.1, 0.15) is 6.29 Å². The average Bonchev–Trinajstić information content (AvgIpc) is 2.60. The minimum Gasteiger partial charge on any atom is -0.303 e. The van der Waals surface area contributed by atoms with Crippen LogP contribution in [0.3, 0.4) is 0 Å². The summed E-state index contributed by atoms with van der Waals surface area (Å²) in [7, 11) is 0. The highest BCUT2D eigenvalue weighted by Crippen LogP contribution is 2.55. The van der Waals surface area contributed by atoms with Gasteiger partial charge < -0.3 is 4.79 Å². The number of fused-ring (bicyclic) bond motifs is 2. The molecule has 1 nitrogen and oxygen atoms in total. The van der Waals surface area contributed by atoms with Crippen LogP contribution in [0.1, 0.15) is 40.5 Å². The molecule has 3 unspecified atom stereocenters. The fourth-order valence-corrected chi connectivity index (χ4v) is 4.55. The van der Waals surface area contributed by atoms with Gasteiger partial charge in [0.25, 0.3) is 0 Å². The summed E-state index contributed by atoms with van der Waals surface area (Å²) in [6.45, 7) is 0. The molecule has 2 bridgehead atoms. The summed E-state index contributed by atoms with van der Waals surface area (Å²) in [4.78, 5) is 11.6. The molecule has 0 radical (unpaired) electrons.